The Kier molecular flexibility index (Phi) is 24.0. The van der Waals surface area contributed by atoms with Crippen LogP contribution in [0.15, 0.2) is 0 Å². The number of carbonyl (C=O) groups excluding carboxylic acids is 2. The van der Waals surface area contributed by atoms with Gasteiger partial charge in [0.15, 0.2) is 0 Å². The van der Waals surface area contributed by atoms with Crippen LogP contribution in [0.2, 0.25) is 0 Å². The summed E-state index contributed by atoms with van der Waals surface area (Å²) in [5, 5.41) is 19.6. The van der Waals surface area contributed by atoms with Gasteiger partial charge < -0.3 is 15.0 Å². The van der Waals surface area contributed by atoms with Gasteiger partial charge in [0.1, 0.15) is 5.78 Å². The average Bonchev–Trinajstić information content (AvgIpc) is 2.18. The van der Waals surface area contributed by atoms with Gasteiger partial charge in [-0.3, -0.25) is 4.79 Å². The van der Waals surface area contributed by atoms with Gasteiger partial charge in [0.25, 0.3) is 0 Å². The van der Waals surface area contributed by atoms with Crippen LogP contribution in [-0.2, 0) is 35.8 Å². The normalized spacial score (nSPS) is 8.65. The molecule has 0 aromatic heterocycles. The Hall–Kier alpha value is -0.0169. The van der Waals surface area contributed by atoms with Crippen molar-refractivity contribution in [2.45, 2.75) is 58.8 Å². The Balaban J connectivity index is -0.000000224. The number of Topliss-reactive ketones (excluding diaryl/α,β-unsaturated/α-hetero) is 1. The summed E-state index contributed by atoms with van der Waals surface area (Å²) in [5.74, 6) is -1.54. The Morgan fingerprint density at radius 1 is 1.00 bits per heavy atom. The zero-order valence-corrected chi connectivity index (χ0v) is 13.2. The molecule has 0 saturated heterocycles. The zero-order valence-electron chi connectivity index (χ0n) is 10.8. The molecule has 0 rings (SSSR count). The van der Waals surface area contributed by atoms with Gasteiger partial charge in [-0.05, 0) is 6.42 Å². The molecule has 5 heteroatoms. The van der Waals surface area contributed by atoms with Crippen molar-refractivity contribution in [3.05, 3.63) is 0 Å². The number of ketones is 1. The van der Waals surface area contributed by atoms with Gasteiger partial charge in [-0.1, -0.05) is 39.5 Å². The minimum absolute atomic E-state index is 0. The SMILES string of the molecule is CCCC(=O)CC(=O)[O-].CCCCCC[O-].[Zr+2]. The number of carbonyl (C=O) groups is 2. The summed E-state index contributed by atoms with van der Waals surface area (Å²) in [6.45, 7) is 4.08. The number of aliphatic carboxylic acids is 1. The van der Waals surface area contributed by atoms with E-state index in [1.807, 2.05) is 6.92 Å². The zero-order chi connectivity index (χ0) is 12.8. The summed E-state index contributed by atoms with van der Waals surface area (Å²) in [6, 6.07) is 0. The fourth-order valence-electron chi connectivity index (χ4n) is 1.06. The first-order chi connectivity index (χ1) is 7.58. The number of carboxylic acid groups (broad SMARTS) is 1. The Labute approximate surface area is 123 Å². The molecule has 0 aromatic carbocycles. The van der Waals surface area contributed by atoms with E-state index in [2.05, 4.69) is 6.92 Å². The first-order valence-corrected chi connectivity index (χ1v) is 5.88. The first-order valence-electron chi connectivity index (χ1n) is 5.88. The van der Waals surface area contributed by atoms with Crippen molar-refractivity contribution in [1.82, 2.24) is 0 Å². The van der Waals surface area contributed by atoms with E-state index in [1.54, 1.807) is 0 Å². The van der Waals surface area contributed by atoms with Crippen LogP contribution in [-0.4, -0.2) is 18.4 Å². The molecule has 0 N–H and O–H groups in total. The molecule has 0 unspecified atom stereocenters. The van der Waals surface area contributed by atoms with Crippen molar-refractivity contribution in [2.24, 2.45) is 0 Å². The summed E-state index contributed by atoms with van der Waals surface area (Å²) < 4.78 is 0. The first kappa shape index (κ1) is 22.2. The molecule has 0 radical (unpaired) electrons. The number of rotatable bonds is 8. The predicted molar refractivity (Wildman–Crippen MR) is 58.5 cm³/mol. The molecule has 0 fully saturated rings. The smallest absolute Gasteiger partial charge is 0.854 e. The van der Waals surface area contributed by atoms with Gasteiger partial charge in [0.05, 0.1) is 0 Å². The average molecular weight is 322 g/mol. The molecule has 0 atom stereocenters. The van der Waals surface area contributed by atoms with Gasteiger partial charge in [-0.2, -0.15) is 0 Å². The summed E-state index contributed by atoms with van der Waals surface area (Å²) in [6.07, 6.45) is 5.05. The maximum Gasteiger partial charge on any atom is 2.00 e. The van der Waals surface area contributed by atoms with Crippen LogP contribution in [0.4, 0.5) is 0 Å². The molecular weight excluding hydrogens is 299 g/mol. The molecule has 0 aliphatic carbocycles. The van der Waals surface area contributed by atoms with Gasteiger partial charge in [-0.15, -0.1) is 6.61 Å². The van der Waals surface area contributed by atoms with E-state index in [9.17, 15) is 19.8 Å². The minimum atomic E-state index is -1.28. The molecule has 0 aromatic rings. The monoisotopic (exact) mass is 320 g/mol. The van der Waals surface area contributed by atoms with Crippen LogP contribution in [0.25, 0.3) is 0 Å². The summed E-state index contributed by atoms with van der Waals surface area (Å²) in [4.78, 5) is 20.2. The number of hydrogen-bond acceptors (Lipinski definition) is 4. The number of hydrogen-bond donors (Lipinski definition) is 0. The van der Waals surface area contributed by atoms with Crippen LogP contribution in [0.1, 0.15) is 58.8 Å². The van der Waals surface area contributed by atoms with E-state index in [0.717, 1.165) is 12.8 Å². The van der Waals surface area contributed by atoms with Crippen LogP contribution >= 0.6 is 0 Å². The van der Waals surface area contributed by atoms with Crippen LogP contribution < -0.4 is 10.2 Å². The molecule has 0 amide bonds. The van der Waals surface area contributed by atoms with Crippen LogP contribution in [0, 0.1) is 0 Å². The van der Waals surface area contributed by atoms with Crippen molar-refractivity contribution >= 4 is 11.8 Å². The van der Waals surface area contributed by atoms with E-state index in [-0.39, 0.29) is 38.6 Å². The van der Waals surface area contributed by atoms with E-state index < -0.39 is 12.4 Å². The number of carboxylic acids is 1. The molecule has 0 heterocycles. The molecule has 0 aliphatic heterocycles. The van der Waals surface area contributed by atoms with Crippen LogP contribution in [0.5, 0.6) is 0 Å². The molecule has 4 nitrogen and oxygen atoms in total. The summed E-state index contributed by atoms with van der Waals surface area (Å²) in [5.41, 5.74) is 0. The Bertz CT molecular complexity index is 179. The maximum atomic E-state index is 10.4. The Morgan fingerprint density at radius 2 is 1.59 bits per heavy atom. The van der Waals surface area contributed by atoms with Crippen molar-refractivity contribution in [3.8, 4) is 0 Å². The molecular formula is C12H22O4Zr. The fraction of sp³-hybridized carbons (Fsp3) is 0.833. The quantitative estimate of drug-likeness (QED) is 0.479. The van der Waals surface area contributed by atoms with Crippen molar-refractivity contribution in [2.75, 3.05) is 6.61 Å². The molecule has 0 bridgehead atoms. The number of unbranched alkanes of at least 4 members (excludes halogenated alkanes) is 3. The summed E-state index contributed by atoms with van der Waals surface area (Å²) >= 11 is 0. The van der Waals surface area contributed by atoms with E-state index >= 15 is 0 Å². The third-order valence-electron chi connectivity index (χ3n) is 1.87. The van der Waals surface area contributed by atoms with Gasteiger partial charge in [0, 0.05) is 18.8 Å². The largest absolute Gasteiger partial charge is 2.00 e. The summed E-state index contributed by atoms with van der Waals surface area (Å²) in [7, 11) is 0. The van der Waals surface area contributed by atoms with E-state index in [0.29, 0.717) is 12.8 Å². The second kappa shape index (κ2) is 18.4. The third kappa shape index (κ3) is 25.9. The standard InChI is InChI=1S/C6H10O3.C6H13O.Zr/c1-2-3-5(7)4-6(8)9;1-2-3-4-5-6-7;/h2-4H2,1H3,(H,8,9);2-6H2,1H3;/q;-1;+2/p-1. The molecule has 98 valence electrons. The molecule has 0 aliphatic rings. The topological polar surface area (TPSA) is 80.3 Å². The molecule has 0 saturated carbocycles. The molecule has 17 heavy (non-hydrogen) atoms. The molecule has 0 spiro atoms. The van der Waals surface area contributed by atoms with Crippen molar-refractivity contribution < 1.29 is 46.0 Å². The van der Waals surface area contributed by atoms with Gasteiger partial charge in [-0.25, -0.2) is 0 Å². The second-order valence-electron chi connectivity index (χ2n) is 3.60. The van der Waals surface area contributed by atoms with E-state index in [1.165, 1.54) is 12.8 Å². The fourth-order valence-corrected chi connectivity index (χ4v) is 1.06. The van der Waals surface area contributed by atoms with Gasteiger partial charge in [0.2, 0.25) is 0 Å². The van der Waals surface area contributed by atoms with Crippen LogP contribution in [0.3, 0.4) is 0 Å². The second-order valence-corrected chi connectivity index (χ2v) is 3.60. The minimum Gasteiger partial charge on any atom is -0.854 e. The van der Waals surface area contributed by atoms with Gasteiger partial charge >= 0.3 is 26.2 Å². The Morgan fingerprint density at radius 3 is 1.94 bits per heavy atom. The third-order valence-corrected chi connectivity index (χ3v) is 1.87. The van der Waals surface area contributed by atoms with Crippen molar-refractivity contribution in [1.29, 1.82) is 0 Å². The maximum absolute atomic E-state index is 10.4. The van der Waals surface area contributed by atoms with Crippen molar-refractivity contribution in [3.63, 3.8) is 0 Å². The predicted octanol–water partition coefficient (Wildman–Crippen LogP) is 0.420. The van der Waals surface area contributed by atoms with E-state index in [4.69, 9.17) is 0 Å².